The third-order valence-corrected chi connectivity index (χ3v) is 4.51. The smallest absolute Gasteiger partial charge is 0.124 e. The molecule has 2 rings (SSSR count). The summed E-state index contributed by atoms with van der Waals surface area (Å²) in [5.74, 6) is 1.49. The van der Waals surface area contributed by atoms with Crippen molar-refractivity contribution in [2.45, 2.75) is 52.7 Å². The molecule has 114 valence electrons. The zero-order chi connectivity index (χ0) is 15.4. The summed E-state index contributed by atoms with van der Waals surface area (Å²) in [6.07, 6.45) is 3.78. The summed E-state index contributed by atoms with van der Waals surface area (Å²) in [6, 6.07) is 6.40. The summed E-state index contributed by atoms with van der Waals surface area (Å²) in [4.78, 5) is 0. The van der Waals surface area contributed by atoms with Crippen LogP contribution in [0.4, 0.5) is 4.39 Å². The van der Waals surface area contributed by atoms with Gasteiger partial charge in [-0.3, -0.25) is 0 Å². The topological polar surface area (TPSA) is 33.0 Å². The maximum atomic E-state index is 13.4. The van der Waals surface area contributed by atoms with E-state index in [4.69, 9.17) is 10.00 Å². The molecular formula is C18H24FNO. The Balaban J connectivity index is 2.03. The molecule has 0 N–H and O–H groups in total. The predicted octanol–water partition coefficient (Wildman–Crippen LogP) is 4.67. The Hall–Kier alpha value is -1.40. The molecule has 0 aliphatic heterocycles. The van der Waals surface area contributed by atoms with E-state index in [2.05, 4.69) is 20.8 Å². The first-order chi connectivity index (χ1) is 9.99. The van der Waals surface area contributed by atoms with Crippen LogP contribution in [0.1, 0.15) is 51.2 Å². The first kappa shape index (κ1) is 16.0. The maximum absolute atomic E-state index is 13.4. The molecule has 3 atom stereocenters. The lowest BCUT2D eigenvalue weighted by Gasteiger charge is -2.37. The van der Waals surface area contributed by atoms with Gasteiger partial charge in [0.2, 0.25) is 0 Å². The molecule has 2 nitrogen and oxygen atoms in total. The zero-order valence-corrected chi connectivity index (χ0v) is 13.1. The van der Waals surface area contributed by atoms with E-state index in [-0.39, 0.29) is 11.9 Å². The van der Waals surface area contributed by atoms with Gasteiger partial charge in [-0.25, -0.2) is 4.39 Å². The Kier molecular flexibility index (Phi) is 5.36. The van der Waals surface area contributed by atoms with E-state index in [0.717, 1.165) is 12.0 Å². The predicted molar refractivity (Wildman–Crippen MR) is 81.0 cm³/mol. The van der Waals surface area contributed by atoms with Crippen LogP contribution in [0.2, 0.25) is 0 Å². The summed E-state index contributed by atoms with van der Waals surface area (Å²) in [5.41, 5.74) is 1.10. The lowest BCUT2D eigenvalue weighted by molar-refractivity contribution is -0.0473. The number of rotatable bonds is 4. The van der Waals surface area contributed by atoms with Gasteiger partial charge in [-0.2, -0.15) is 5.26 Å². The van der Waals surface area contributed by atoms with Gasteiger partial charge >= 0.3 is 0 Å². The second kappa shape index (κ2) is 7.04. The third kappa shape index (κ3) is 4.28. The minimum atomic E-state index is -0.370. The lowest BCUT2D eigenvalue weighted by Crippen LogP contribution is -2.34. The summed E-state index contributed by atoms with van der Waals surface area (Å²) >= 11 is 0. The second-order valence-electron chi connectivity index (χ2n) is 6.64. The van der Waals surface area contributed by atoms with Crippen molar-refractivity contribution >= 4 is 0 Å². The molecule has 1 saturated carbocycles. The molecule has 21 heavy (non-hydrogen) atoms. The van der Waals surface area contributed by atoms with Gasteiger partial charge in [0.1, 0.15) is 5.82 Å². The van der Waals surface area contributed by atoms with E-state index >= 15 is 0 Å². The molecule has 1 aromatic carbocycles. The van der Waals surface area contributed by atoms with Crippen molar-refractivity contribution in [1.29, 1.82) is 5.26 Å². The van der Waals surface area contributed by atoms with Gasteiger partial charge in [-0.1, -0.05) is 27.2 Å². The molecule has 0 amide bonds. The lowest BCUT2D eigenvalue weighted by atomic mass is 9.75. The minimum absolute atomic E-state index is 0.238. The fourth-order valence-electron chi connectivity index (χ4n) is 3.31. The van der Waals surface area contributed by atoms with Gasteiger partial charge in [0, 0.05) is 0 Å². The van der Waals surface area contributed by atoms with Crippen LogP contribution in [0.15, 0.2) is 18.2 Å². The van der Waals surface area contributed by atoms with Gasteiger partial charge in [-0.15, -0.1) is 0 Å². The van der Waals surface area contributed by atoms with Gasteiger partial charge < -0.3 is 4.74 Å². The monoisotopic (exact) mass is 289 g/mol. The van der Waals surface area contributed by atoms with Gasteiger partial charge in [0.15, 0.2) is 0 Å². The fraction of sp³-hybridized carbons (Fsp3) is 0.611. The van der Waals surface area contributed by atoms with Gasteiger partial charge in [0.05, 0.1) is 24.3 Å². The number of hydrogen-bond donors (Lipinski definition) is 0. The molecule has 1 aliphatic carbocycles. The van der Waals surface area contributed by atoms with Crippen molar-refractivity contribution < 1.29 is 9.13 Å². The van der Waals surface area contributed by atoms with Crippen LogP contribution in [0.25, 0.3) is 0 Å². The van der Waals surface area contributed by atoms with Crippen LogP contribution in [0, 0.1) is 34.9 Å². The largest absolute Gasteiger partial charge is 0.373 e. The standard InChI is InChI=1S/C18H24FNO/c1-12(2)17-5-4-13(3)6-18(17)21-11-15-7-14(10-20)8-16(19)9-15/h7-9,12-13,17-18H,4-6,11H2,1-3H3. The fourth-order valence-corrected chi connectivity index (χ4v) is 3.31. The second-order valence-corrected chi connectivity index (χ2v) is 6.64. The highest BCUT2D eigenvalue weighted by Crippen LogP contribution is 2.35. The van der Waals surface area contributed by atoms with Gasteiger partial charge in [-0.05, 0) is 54.4 Å². The van der Waals surface area contributed by atoms with Crippen LogP contribution in [-0.4, -0.2) is 6.10 Å². The van der Waals surface area contributed by atoms with E-state index in [1.807, 2.05) is 6.07 Å². The average Bonchev–Trinajstić information content (AvgIpc) is 2.44. The van der Waals surface area contributed by atoms with E-state index in [1.54, 1.807) is 6.07 Å². The average molecular weight is 289 g/mol. The molecule has 1 fully saturated rings. The third-order valence-electron chi connectivity index (χ3n) is 4.51. The summed E-state index contributed by atoms with van der Waals surface area (Å²) in [7, 11) is 0. The van der Waals surface area contributed by atoms with Crippen LogP contribution >= 0.6 is 0 Å². The Morgan fingerprint density at radius 2 is 2.10 bits per heavy atom. The Morgan fingerprint density at radius 1 is 1.33 bits per heavy atom. The van der Waals surface area contributed by atoms with E-state index in [0.29, 0.717) is 29.9 Å². The number of benzene rings is 1. The molecule has 0 aromatic heterocycles. The zero-order valence-electron chi connectivity index (χ0n) is 13.1. The number of ether oxygens (including phenoxy) is 1. The minimum Gasteiger partial charge on any atom is -0.373 e. The maximum Gasteiger partial charge on any atom is 0.124 e. The quantitative estimate of drug-likeness (QED) is 0.806. The highest BCUT2D eigenvalue weighted by atomic mass is 19.1. The van der Waals surface area contributed by atoms with Crippen molar-refractivity contribution in [1.82, 2.24) is 0 Å². The van der Waals surface area contributed by atoms with E-state index in [9.17, 15) is 4.39 Å². The summed E-state index contributed by atoms with van der Waals surface area (Å²) in [6.45, 7) is 7.13. The van der Waals surface area contributed by atoms with E-state index in [1.165, 1.54) is 25.0 Å². The van der Waals surface area contributed by atoms with Gasteiger partial charge in [0.25, 0.3) is 0 Å². The van der Waals surface area contributed by atoms with Crippen molar-refractivity contribution in [3.8, 4) is 6.07 Å². The molecule has 0 spiro atoms. The number of halogens is 1. The molecule has 0 saturated heterocycles. The molecule has 0 radical (unpaired) electrons. The van der Waals surface area contributed by atoms with Crippen molar-refractivity contribution in [2.24, 2.45) is 17.8 Å². The molecule has 1 aliphatic rings. The molecular weight excluding hydrogens is 265 g/mol. The SMILES string of the molecule is CC1CCC(C(C)C)C(OCc2cc(F)cc(C#N)c2)C1. The van der Waals surface area contributed by atoms with Crippen LogP contribution in [-0.2, 0) is 11.3 Å². The number of nitrogens with zero attached hydrogens (tertiary/aromatic N) is 1. The first-order valence-corrected chi connectivity index (χ1v) is 7.80. The summed E-state index contributed by atoms with van der Waals surface area (Å²) < 4.78 is 19.5. The van der Waals surface area contributed by atoms with Crippen LogP contribution in [0.5, 0.6) is 0 Å². The number of nitriles is 1. The van der Waals surface area contributed by atoms with E-state index < -0.39 is 0 Å². The van der Waals surface area contributed by atoms with Crippen molar-refractivity contribution in [2.75, 3.05) is 0 Å². The summed E-state index contributed by atoms with van der Waals surface area (Å²) in [5, 5.41) is 8.90. The molecule has 0 bridgehead atoms. The Labute approximate surface area is 126 Å². The van der Waals surface area contributed by atoms with Crippen LogP contribution < -0.4 is 0 Å². The Bertz CT molecular complexity index is 520. The van der Waals surface area contributed by atoms with Crippen molar-refractivity contribution in [3.63, 3.8) is 0 Å². The highest BCUT2D eigenvalue weighted by Gasteiger charge is 2.31. The first-order valence-electron chi connectivity index (χ1n) is 7.80. The molecule has 3 unspecified atom stereocenters. The highest BCUT2D eigenvalue weighted by molar-refractivity contribution is 5.33. The molecule has 1 aromatic rings. The number of hydrogen-bond acceptors (Lipinski definition) is 2. The normalized spacial score (nSPS) is 25.8. The molecule has 3 heteroatoms. The molecule has 0 heterocycles. The Morgan fingerprint density at radius 3 is 2.76 bits per heavy atom. The van der Waals surface area contributed by atoms with Crippen LogP contribution in [0.3, 0.4) is 0 Å². The van der Waals surface area contributed by atoms with Crippen molar-refractivity contribution in [3.05, 3.63) is 35.1 Å².